The smallest absolute Gasteiger partial charge is 0.266 e. The second kappa shape index (κ2) is 6.70. The highest BCUT2D eigenvalue weighted by Crippen LogP contribution is 2.36. The molecule has 3 aromatic heterocycles. The molecule has 1 saturated heterocycles. The quantitative estimate of drug-likeness (QED) is 0.652. The van der Waals surface area contributed by atoms with Gasteiger partial charge in [-0.05, 0) is 38.8 Å². The molecule has 3 aromatic rings. The van der Waals surface area contributed by atoms with Gasteiger partial charge in [0.2, 0.25) is 0 Å². The van der Waals surface area contributed by atoms with Gasteiger partial charge >= 0.3 is 0 Å². The fourth-order valence-electron chi connectivity index (χ4n) is 4.07. The Hall–Kier alpha value is -2.74. The maximum Gasteiger partial charge on any atom is 0.266 e. The van der Waals surface area contributed by atoms with Gasteiger partial charge in [0.05, 0.1) is 24.3 Å². The molecule has 2 fully saturated rings. The number of rotatable bonds is 6. The van der Waals surface area contributed by atoms with Gasteiger partial charge in [-0.2, -0.15) is 5.10 Å². The lowest BCUT2D eigenvalue weighted by Gasteiger charge is -2.39. The van der Waals surface area contributed by atoms with Crippen molar-refractivity contribution in [1.29, 1.82) is 0 Å². The van der Waals surface area contributed by atoms with Crippen LogP contribution in [0.2, 0.25) is 0 Å². The Morgan fingerprint density at radius 1 is 1.14 bits per heavy atom. The summed E-state index contributed by atoms with van der Waals surface area (Å²) in [5.41, 5.74) is 3.19. The standard InChI is InChI=1S/C20H25N7O/c1-14-7-15(2)27(22-14)19-5-6-20(28)26(23-19)11-16-9-24(10-16)12-18-8-21-13-25(18)17-3-4-17/h5-8,13,16-17H,3-4,9-12H2,1-2H3. The number of likely N-dealkylation sites (tertiary alicyclic amines) is 1. The van der Waals surface area contributed by atoms with Gasteiger partial charge in [-0.25, -0.2) is 14.3 Å². The molecule has 0 bridgehead atoms. The molecule has 0 spiro atoms. The van der Waals surface area contributed by atoms with Gasteiger partial charge in [0.25, 0.3) is 5.56 Å². The molecule has 146 valence electrons. The molecule has 0 unspecified atom stereocenters. The second-order valence-corrected chi connectivity index (χ2v) is 8.13. The van der Waals surface area contributed by atoms with E-state index in [1.165, 1.54) is 18.5 Å². The summed E-state index contributed by atoms with van der Waals surface area (Å²) in [4.78, 5) is 19.0. The fraction of sp³-hybridized carbons (Fsp3) is 0.500. The van der Waals surface area contributed by atoms with Crippen LogP contribution in [-0.4, -0.2) is 47.1 Å². The predicted molar refractivity (Wildman–Crippen MR) is 104 cm³/mol. The average molecular weight is 379 g/mol. The molecular formula is C20H25N7O. The van der Waals surface area contributed by atoms with Crippen molar-refractivity contribution in [1.82, 2.24) is 34.0 Å². The Morgan fingerprint density at radius 3 is 2.68 bits per heavy atom. The zero-order valence-corrected chi connectivity index (χ0v) is 16.3. The first-order valence-corrected chi connectivity index (χ1v) is 9.91. The zero-order valence-electron chi connectivity index (χ0n) is 16.3. The van der Waals surface area contributed by atoms with Crippen molar-refractivity contribution in [3.8, 4) is 5.82 Å². The van der Waals surface area contributed by atoms with Crippen molar-refractivity contribution in [3.05, 3.63) is 58.2 Å². The van der Waals surface area contributed by atoms with Crippen molar-refractivity contribution in [2.24, 2.45) is 5.92 Å². The van der Waals surface area contributed by atoms with E-state index in [4.69, 9.17) is 0 Å². The molecular weight excluding hydrogens is 354 g/mol. The lowest BCUT2D eigenvalue weighted by atomic mass is 10.00. The van der Waals surface area contributed by atoms with Gasteiger partial charge < -0.3 is 4.57 Å². The van der Waals surface area contributed by atoms with Crippen LogP contribution >= 0.6 is 0 Å². The van der Waals surface area contributed by atoms with E-state index in [0.717, 1.165) is 31.0 Å². The third-order valence-corrected chi connectivity index (χ3v) is 5.62. The number of hydrogen-bond donors (Lipinski definition) is 0. The molecule has 2 aliphatic rings. The van der Waals surface area contributed by atoms with Crippen molar-refractivity contribution in [2.75, 3.05) is 13.1 Å². The summed E-state index contributed by atoms with van der Waals surface area (Å²) in [6.45, 7) is 7.48. The van der Waals surface area contributed by atoms with Crippen LogP contribution in [0.1, 0.15) is 36.0 Å². The highest BCUT2D eigenvalue weighted by molar-refractivity contribution is 5.23. The SMILES string of the molecule is Cc1cc(C)n(-c2ccc(=O)n(CC3CN(Cc4cncn4C4CC4)C3)n2)n1. The minimum Gasteiger partial charge on any atom is -0.330 e. The van der Waals surface area contributed by atoms with Gasteiger partial charge in [-0.1, -0.05) is 0 Å². The van der Waals surface area contributed by atoms with Crippen molar-refractivity contribution >= 4 is 0 Å². The molecule has 1 aliphatic carbocycles. The highest BCUT2D eigenvalue weighted by Gasteiger charge is 2.30. The van der Waals surface area contributed by atoms with Crippen LogP contribution < -0.4 is 5.56 Å². The molecule has 0 amide bonds. The first kappa shape index (κ1) is 17.4. The van der Waals surface area contributed by atoms with Gasteiger partial charge in [0.15, 0.2) is 5.82 Å². The van der Waals surface area contributed by atoms with Gasteiger partial charge in [-0.3, -0.25) is 9.69 Å². The molecule has 28 heavy (non-hydrogen) atoms. The summed E-state index contributed by atoms with van der Waals surface area (Å²) < 4.78 is 5.69. The molecule has 0 atom stereocenters. The highest BCUT2D eigenvalue weighted by atomic mass is 16.1. The van der Waals surface area contributed by atoms with Crippen LogP contribution in [0.3, 0.4) is 0 Å². The fourth-order valence-corrected chi connectivity index (χ4v) is 4.07. The minimum absolute atomic E-state index is 0.0597. The number of aromatic nitrogens is 6. The zero-order chi connectivity index (χ0) is 19.3. The minimum atomic E-state index is -0.0597. The van der Waals surface area contributed by atoms with Crippen LogP contribution in [-0.2, 0) is 13.1 Å². The van der Waals surface area contributed by atoms with Gasteiger partial charge in [-0.15, -0.1) is 5.10 Å². The summed E-state index contributed by atoms with van der Waals surface area (Å²) in [5, 5.41) is 9.03. The molecule has 0 radical (unpaired) electrons. The van der Waals surface area contributed by atoms with Crippen LogP contribution in [0, 0.1) is 19.8 Å². The van der Waals surface area contributed by atoms with Crippen LogP contribution in [0.15, 0.2) is 35.5 Å². The average Bonchev–Trinajstić information content (AvgIpc) is 3.28. The van der Waals surface area contributed by atoms with Crippen molar-refractivity contribution in [3.63, 3.8) is 0 Å². The third kappa shape index (κ3) is 3.28. The molecule has 8 heteroatoms. The Kier molecular flexibility index (Phi) is 4.16. The summed E-state index contributed by atoms with van der Waals surface area (Å²) in [5.74, 6) is 1.13. The van der Waals surface area contributed by atoms with E-state index < -0.39 is 0 Å². The Morgan fingerprint density at radius 2 is 1.96 bits per heavy atom. The Labute approximate surface area is 163 Å². The third-order valence-electron chi connectivity index (χ3n) is 5.62. The summed E-state index contributed by atoms with van der Waals surface area (Å²) >= 11 is 0. The monoisotopic (exact) mass is 379 g/mol. The van der Waals surface area contributed by atoms with Crippen LogP contribution in [0.25, 0.3) is 5.82 Å². The van der Waals surface area contributed by atoms with E-state index in [0.29, 0.717) is 24.3 Å². The molecule has 0 aromatic carbocycles. The van der Waals surface area contributed by atoms with Gasteiger partial charge in [0, 0.05) is 49.6 Å². The molecule has 5 rings (SSSR count). The second-order valence-electron chi connectivity index (χ2n) is 8.13. The molecule has 0 N–H and O–H groups in total. The maximum atomic E-state index is 12.3. The summed E-state index contributed by atoms with van der Waals surface area (Å²) in [6, 6.07) is 6.00. The maximum absolute atomic E-state index is 12.3. The topological polar surface area (TPSA) is 73.8 Å². The van der Waals surface area contributed by atoms with Crippen molar-refractivity contribution < 1.29 is 0 Å². The molecule has 1 saturated carbocycles. The number of nitrogens with zero attached hydrogens (tertiary/aromatic N) is 7. The van der Waals surface area contributed by atoms with E-state index in [2.05, 4.69) is 24.6 Å². The van der Waals surface area contributed by atoms with Crippen molar-refractivity contribution in [2.45, 2.75) is 45.8 Å². The normalized spacial score (nSPS) is 17.8. The summed E-state index contributed by atoms with van der Waals surface area (Å²) in [7, 11) is 0. The largest absolute Gasteiger partial charge is 0.330 e. The first-order chi connectivity index (χ1) is 13.6. The molecule has 8 nitrogen and oxygen atoms in total. The van der Waals surface area contributed by atoms with E-state index >= 15 is 0 Å². The molecule has 1 aliphatic heterocycles. The Bertz CT molecular complexity index is 1050. The Balaban J connectivity index is 1.24. The van der Waals surface area contributed by atoms with Gasteiger partial charge in [0.1, 0.15) is 0 Å². The van der Waals surface area contributed by atoms with E-state index in [1.807, 2.05) is 32.4 Å². The van der Waals surface area contributed by atoms with E-state index in [-0.39, 0.29) is 5.56 Å². The lowest BCUT2D eigenvalue weighted by Crippen LogP contribution is -2.49. The predicted octanol–water partition coefficient (Wildman–Crippen LogP) is 1.71. The molecule has 4 heterocycles. The number of imidazole rings is 1. The van der Waals surface area contributed by atoms with E-state index in [1.54, 1.807) is 21.5 Å². The summed E-state index contributed by atoms with van der Waals surface area (Å²) in [6.07, 6.45) is 6.48. The van der Waals surface area contributed by atoms with Crippen LogP contribution in [0.5, 0.6) is 0 Å². The van der Waals surface area contributed by atoms with E-state index in [9.17, 15) is 4.79 Å². The lowest BCUT2D eigenvalue weighted by molar-refractivity contribution is 0.0742. The first-order valence-electron chi connectivity index (χ1n) is 9.91. The van der Waals surface area contributed by atoms with Crippen LogP contribution in [0.4, 0.5) is 0 Å². The number of aryl methyl sites for hydroxylation is 2. The number of hydrogen-bond acceptors (Lipinski definition) is 5.